The summed E-state index contributed by atoms with van der Waals surface area (Å²) in [6, 6.07) is 6.10. The van der Waals surface area contributed by atoms with Gasteiger partial charge in [-0.3, -0.25) is 14.7 Å². The summed E-state index contributed by atoms with van der Waals surface area (Å²) in [4.78, 5) is 24.0. The van der Waals surface area contributed by atoms with E-state index in [9.17, 15) is 19.5 Å². The lowest BCUT2D eigenvalue weighted by atomic mass is 9.70. The first kappa shape index (κ1) is 21.7. The number of carbonyl (C=O) groups is 1. The van der Waals surface area contributed by atoms with Crippen molar-refractivity contribution >= 4 is 19.3 Å². The summed E-state index contributed by atoms with van der Waals surface area (Å²) >= 11 is 0. The topological polar surface area (TPSA) is 117 Å². The lowest BCUT2D eigenvalue weighted by Crippen LogP contribution is -2.42. The molecule has 1 N–H and O–H groups in total. The van der Waals surface area contributed by atoms with Crippen molar-refractivity contribution in [2.24, 2.45) is 5.41 Å². The van der Waals surface area contributed by atoms with E-state index in [1.54, 1.807) is 32.0 Å². The van der Waals surface area contributed by atoms with Crippen molar-refractivity contribution in [3.05, 3.63) is 62.2 Å². The fraction of sp³-hybridized carbons (Fsp3) is 0.476. The van der Waals surface area contributed by atoms with E-state index >= 15 is 0 Å². The minimum atomic E-state index is -3.84. The number of nitro benzene ring substituents is 1. The molecule has 1 aromatic rings. The predicted octanol–water partition coefficient (Wildman–Crippen LogP) is 4.37. The summed E-state index contributed by atoms with van der Waals surface area (Å²) in [6.07, 6.45) is 2.97. The van der Waals surface area contributed by atoms with Crippen molar-refractivity contribution < 1.29 is 28.1 Å². The zero-order valence-corrected chi connectivity index (χ0v) is 18.6. The number of methoxy groups -OCH3 is 1. The summed E-state index contributed by atoms with van der Waals surface area (Å²) in [7, 11) is -2.60. The van der Waals surface area contributed by atoms with Gasteiger partial charge in [0, 0.05) is 28.4 Å². The molecule has 1 saturated heterocycles. The third-order valence-corrected chi connectivity index (χ3v) is 8.49. The molecule has 1 unspecified atom stereocenters. The number of para-hydroxylation sites is 1. The summed E-state index contributed by atoms with van der Waals surface area (Å²) in [5.41, 5.74) is 1.03. The Labute approximate surface area is 180 Å². The van der Waals surface area contributed by atoms with Crippen LogP contribution in [0.15, 0.2) is 46.5 Å². The Hall–Kier alpha value is -2.48. The van der Waals surface area contributed by atoms with Gasteiger partial charge >= 0.3 is 13.6 Å². The lowest BCUT2D eigenvalue weighted by Gasteiger charge is -2.47. The zero-order chi connectivity index (χ0) is 22.4. The van der Waals surface area contributed by atoms with Gasteiger partial charge in [-0.2, -0.15) is 0 Å². The Bertz CT molecular complexity index is 1040. The van der Waals surface area contributed by atoms with Crippen molar-refractivity contribution in [1.82, 2.24) is 5.32 Å². The first-order valence-electron chi connectivity index (χ1n) is 10.1. The quantitative estimate of drug-likeness (QED) is 0.312. The van der Waals surface area contributed by atoms with Crippen LogP contribution in [0.2, 0.25) is 0 Å². The van der Waals surface area contributed by atoms with Gasteiger partial charge in [0.1, 0.15) is 0 Å². The molecule has 166 valence electrons. The van der Waals surface area contributed by atoms with Gasteiger partial charge in [0.05, 0.1) is 42.1 Å². The van der Waals surface area contributed by atoms with E-state index < -0.39 is 24.4 Å². The van der Waals surface area contributed by atoms with Crippen LogP contribution >= 0.6 is 7.60 Å². The smallest absolute Gasteiger partial charge is 0.360 e. The fourth-order valence-corrected chi connectivity index (χ4v) is 6.85. The minimum absolute atomic E-state index is 0.115. The molecule has 0 radical (unpaired) electrons. The normalized spacial score (nSPS) is 24.4. The van der Waals surface area contributed by atoms with E-state index in [1.807, 2.05) is 0 Å². The molecule has 1 atom stereocenters. The van der Waals surface area contributed by atoms with Crippen molar-refractivity contribution in [2.45, 2.75) is 39.0 Å². The maximum Gasteiger partial charge on any atom is 0.360 e. The van der Waals surface area contributed by atoms with Gasteiger partial charge in [0.15, 0.2) is 0 Å². The van der Waals surface area contributed by atoms with Gasteiger partial charge in [-0.05, 0) is 26.7 Å². The molecule has 10 heteroatoms. The number of nitrogens with one attached hydrogen (secondary N) is 1. The number of dihydropyridines is 1. The number of nitrogens with zero attached hydrogens (tertiary/aromatic N) is 1. The van der Waals surface area contributed by atoms with E-state index in [0.29, 0.717) is 24.6 Å². The molecule has 0 aromatic heterocycles. The molecule has 0 bridgehead atoms. The summed E-state index contributed by atoms with van der Waals surface area (Å²) in [5.74, 6) is -1.67. The fourth-order valence-electron chi connectivity index (χ4n) is 4.55. The molecule has 1 saturated carbocycles. The lowest BCUT2D eigenvalue weighted by molar-refractivity contribution is -0.385. The number of hydrogen-bond donors (Lipinski definition) is 1. The van der Waals surface area contributed by atoms with E-state index in [4.69, 9.17) is 13.8 Å². The third kappa shape index (κ3) is 3.60. The highest BCUT2D eigenvalue weighted by Gasteiger charge is 2.52. The van der Waals surface area contributed by atoms with Crippen LogP contribution in [0, 0.1) is 15.5 Å². The summed E-state index contributed by atoms with van der Waals surface area (Å²) in [6.45, 7) is 3.97. The van der Waals surface area contributed by atoms with Crippen LogP contribution in [0.1, 0.15) is 44.6 Å². The first-order valence-corrected chi connectivity index (χ1v) is 11.7. The van der Waals surface area contributed by atoms with Crippen molar-refractivity contribution in [3.63, 3.8) is 0 Å². The second-order valence-corrected chi connectivity index (χ2v) is 10.3. The van der Waals surface area contributed by atoms with Crippen LogP contribution < -0.4 is 5.32 Å². The van der Waals surface area contributed by atoms with E-state index in [1.165, 1.54) is 13.2 Å². The molecular weight excluding hydrogens is 423 g/mol. The Morgan fingerprint density at radius 1 is 1.23 bits per heavy atom. The van der Waals surface area contributed by atoms with Crippen LogP contribution in [-0.2, 0) is 23.1 Å². The molecule has 3 aliphatic rings. The standard InChI is InChI=1S/C21H25N2O7P/c1-13-17(20(24)28-3)18(15-7-4-5-8-16(15)23(25)26)19(14(2)22-13)31(27)29-11-21(12-30-31)9-6-10-21/h4-5,7-8,18,22H,6,9-12H2,1-3H3. The van der Waals surface area contributed by atoms with Crippen LogP contribution in [0.25, 0.3) is 0 Å². The largest absolute Gasteiger partial charge is 0.466 e. The SMILES string of the molecule is COC(=O)C1=C(C)NC(C)=C(P2(=O)OCC3(CCC3)CO2)C1c1ccccc1[N+](=O)[O-]. The molecule has 2 fully saturated rings. The predicted molar refractivity (Wildman–Crippen MR) is 112 cm³/mol. The van der Waals surface area contributed by atoms with Crippen LogP contribution in [0.4, 0.5) is 5.69 Å². The maximum atomic E-state index is 14.0. The molecule has 1 aromatic carbocycles. The highest BCUT2D eigenvalue weighted by atomic mass is 31.2. The van der Waals surface area contributed by atoms with Crippen molar-refractivity contribution in [3.8, 4) is 0 Å². The molecule has 31 heavy (non-hydrogen) atoms. The molecular formula is C21H25N2O7P. The van der Waals surface area contributed by atoms with Gasteiger partial charge in [-0.1, -0.05) is 24.6 Å². The molecule has 0 amide bonds. The van der Waals surface area contributed by atoms with Gasteiger partial charge in [-0.25, -0.2) is 4.79 Å². The zero-order valence-electron chi connectivity index (χ0n) is 17.7. The second-order valence-electron chi connectivity index (χ2n) is 8.31. The van der Waals surface area contributed by atoms with Gasteiger partial charge in [0.25, 0.3) is 5.69 Å². The highest BCUT2D eigenvalue weighted by molar-refractivity contribution is 7.58. The molecule has 2 aliphatic heterocycles. The maximum absolute atomic E-state index is 14.0. The molecule has 4 rings (SSSR count). The van der Waals surface area contributed by atoms with E-state index in [2.05, 4.69) is 5.32 Å². The monoisotopic (exact) mass is 448 g/mol. The Morgan fingerprint density at radius 3 is 2.42 bits per heavy atom. The molecule has 9 nitrogen and oxygen atoms in total. The van der Waals surface area contributed by atoms with Crippen molar-refractivity contribution in [1.29, 1.82) is 0 Å². The number of ether oxygens (including phenoxy) is 1. The number of hydrogen-bond acceptors (Lipinski definition) is 8. The Morgan fingerprint density at radius 2 is 1.87 bits per heavy atom. The average Bonchev–Trinajstić information content (AvgIpc) is 2.72. The van der Waals surface area contributed by atoms with Crippen LogP contribution in [-0.4, -0.2) is 31.2 Å². The van der Waals surface area contributed by atoms with Crippen LogP contribution in [0.3, 0.4) is 0 Å². The molecule has 1 aliphatic carbocycles. The number of allylic oxidation sites excluding steroid dienone is 3. The van der Waals surface area contributed by atoms with E-state index in [0.717, 1.165) is 19.3 Å². The number of nitro groups is 1. The average molecular weight is 448 g/mol. The summed E-state index contributed by atoms with van der Waals surface area (Å²) < 4.78 is 30.7. The number of carbonyl (C=O) groups excluding carboxylic acids is 1. The number of rotatable bonds is 4. The highest BCUT2D eigenvalue weighted by Crippen LogP contribution is 2.68. The number of benzene rings is 1. The first-order chi connectivity index (χ1) is 14.7. The van der Waals surface area contributed by atoms with Gasteiger partial charge < -0.3 is 19.1 Å². The van der Waals surface area contributed by atoms with Crippen LogP contribution in [0.5, 0.6) is 0 Å². The summed E-state index contributed by atoms with van der Waals surface area (Å²) in [5, 5.41) is 15.1. The molecule has 2 heterocycles. The number of esters is 1. The van der Waals surface area contributed by atoms with Crippen molar-refractivity contribution in [2.75, 3.05) is 20.3 Å². The third-order valence-electron chi connectivity index (χ3n) is 6.37. The Balaban J connectivity index is 1.87. The van der Waals surface area contributed by atoms with Gasteiger partial charge in [0.2, 0.25) is 0 Å². The van der Waals surface area contributed by atoms with Gasteiger partial charge in [-0.15, -0.1) is 0 Å². The second kappa shape index (κ2) is 7.89. The minimum Gasteiger partial charge on any atom is -0.466 e. The van der Waals surface area contributed by atoms with E-state index in [-0.39, 0.29) is 27.6 Å². The Kier molecular flexibility index (Phi) is 5.54. The molecule has 1 spiro atoms.